The van der Waals surface area contributed by atoms with Gasteiger partial charge >= 0.3 is 5.97 Å². The van der Waals surface area contributed by atoms with E-state index < -0.39 is 41.6 Å². The van der Waals surface area contributed by atoms with Crippen molar-refractivity contribution in [2.45, 2.75) is 135 Å². The number of carboxylic acids is 1. The summed E-state index contributed by atoms with van der Waals surface area (Å²) in [6.45, 7) is 14.3. The number of rotatable bonds is 20. The van der Waals surface area contributed by atoms with Crippen LogP contribution in [0.25, 0.3) is 0 Å². The molecule has 3 rings (SSSR count). The maximum Gasteiger partial charge on any atom is 0.326 e. The van der Waals surface area contributed by atoms with Crippen molar-refractivity contribution in [3.05, 3.63) is 35.9 Å². The Morgan fingerprint density at radius 3 is 2.29 bits per heavy atom. The average Bonchev–Trinajstić information content (AvgIpc) is 3.61. The summed E-state index contributed by atoms with van der Waals surface area (Å²) in [7, 11) is 5.24. The van der Waals surface area contributed by atoms with E-state index in [0.717, 1.165) is 44.2 Å². The van der Waals surface area contributed by atoms with Gasteiger partial charge in [-0.3, -0.25) is 19.3 Å². The van der Waals surface area contributed by atoms with Crippen LogP contribution in [0.2, 0.25) is 0 Å². The molecule has 0 radical (unpaired) electrons. The third-order valence-electron chi connectivity index (χ3n) is 11.6. The van der Waals surface area contributed by atoms with Crippen LogP contribution in [-0.4, -0.2) is 121 Å². The van der Waals surface area contributed by atoms with Gasteiger partial charge in [0.05, 0.1) is 36.1 Å². The molecule has 0 saturated carbocycles. The van der Waals surface area contributed by atoms with Crippen LogP contribution < -0.4 is 16.0 Å². The van der Waals surface area contributed by atoms with Crippen molar-refractivity contribution >= 4 is 23.7 Å². The Balaban J connectivity index is 1.72. The van der Waals surface area contributed by atoms with Gasteiger partial charge in [-0.05, 0) is 70.0 Å². The van der Waals surface area contributed by atoms with Gasteiger partial charge in [0.2, 0.25) is 17.7 Å². The molecule has 1 aromatic carbocycles. The number of carbonyl (C=O) groups is 4. The number of piperidine rings is 1. The molecule has 2 fully saturated rings. The van der Waals surface area contributed by atoms with Crippen LogP contribution in [-0.2, 0) is 35.1 Å². The topological polar surface area (TPSA) is 150 Å². The summed E-state index contributed by atoms with van der Waals surface area (Å²) >= 11 is 0. The van der Waals surface area contributed by atoms with E-state index in [4.69, 9.17) is 9.47 Å². The van der Waals surface area contributed by atoms with Gasteiger partial charge in [0.1, 0.15) is 6.04 Å². The van der Waals surface area contributed by atoms with E-state index in [-0.39, 0.29) is 54.6 Å². The number of carbonyl (C=O) groups excluding carboxylic acids is 3. The zero-order chi connectivity index (χ0) is 38.6. The standard InChI is InChI=1S/C40H67N5O7/c1-10-27(4)35(44(7)25-31(26(2)3)43-39(50)40(6)20-14-15-21-41-40)33(51-8)24-34(46)45-22-16-19-32(45)36(52-9)28(5)37(47)42-30(38(48)49)23-29-17-12-11-13-18-29/h11-13,17-18,26-28,30-33,35-36,41H,10,14-16,19-25H2,1-9H3,(H,42,47)(H,43,50)(H,48,49). The van der Waals surface area contributed by atoms with E-state index in [1.54, 1.807) is 14.0 Å². The molecule has 12 nitrogen and oxygen atoms in total. The molecule has 1 aromatic rings. The van der Waals surface area contributed by atoms with Crippen LogP contribution >= 0.6 is 0 Å². The molecule has 3 amide bonds. The second kappa shape index (κ2) is 20.4. The molecule has 2 saturated heterocycles. The van der Waals surface area contributed by atoms with E-state index >= 15 is 0 Å². The minimum Gasteiger partial charge on any atom is -0.480 e. The summed E-state index contributed by atoms with van der Waals surface area (Å²) in [5, 5.41) is 19.4. The van der Waals surface area contributed by atoms with Crippen molar-refractivity contribution in [2.75, 3.05) is 40.9 Å². The molecule has 0 spiro atoms. The minimum absolute atomic E-state index is 0.0308. The summed E-state index contributed by atoms with van der Waals surface area (Å²) < 4.78 is 12.0. The number of likely N-dealkylation sites (N-methyl/N-ethyl adjacent to an activating group) is 1. The van der Waals surface area contributed by atoms with Gasteiger partial charge in [0, 0.05) is 45.8 Å². The molecule has 9 unspecified atom stereocenters. The summed E-state index contributed by atoms with van der Waals surface area (Å²) in [5.41, 5.74) is 0.231. The lowest BCUT2D eigenvalue weighted by Crippen LogP contribution is -2.61. The van der Waals surface area contributed by atoms with E-state index in [1.807, 2.05) is 42.2 Å². The Labute approximate surface area is 312 Å². The lowest BCUT2D eigenvalue weighted by atomic mass is 9.88. The zero-order valence-electron chi connectivity index (χ0n) is 33.2. The second-order valence-electron chi connectivity index (χ2n) is 15.7. The fourth-order valence-corrected chi connectivity index (χ4v) is 8.03. The van der Waals surface area contributed by atoms with Crippen molar-refractivity contribution in [1.29, 1.82) is 0 Å². The average molecular weight is 730 g/mol. The lowest BCUT2D eigenvalue weighted by Gasteiger charge is -2.42. The molecule has 2 aliphatic heterocycles. The van der Waals surface area contributed by atoms with Crippen LogP contribution in [0.3, 0.4) is 0 Å². The first-order valence-corrected chi connectivity index (χ1v) is 19.4. The maximum atomic E-state index is 14.2. The minimum atomic E-state index is -1.11. The van der Waals surface area contributed by atoms with Crippen LogP contribution in [0.1, 0.15) is 92.1 Å². The molecule has 2 aliphatic rings. The molecule has 4 N–H and O–H groups in total. The number of aliphatic carboxylic acids is 1. The van der Waals surface area contributed by atoms with E-state index in [2.05, 4.69) is 55.6 Å². The van der Waals surface area contributed by atoms with Gasteiger partial charge < -0.3 is 35.4 Å². The number of amides is 3. The Hall–Kier alpha value is -3.06. The summed E-state index contributed by atoms with van der Waals surface area (Å²) in [6, 6.07) is 7.56. The van der Waals surface area contributed by atoms with Gasteiger partial charge in [-0.25, -0.2) is 4.79 Å². The number of ether oxygens (including phenoxy) is 2. The van der Waals surface area contributed by atoms with Crippen LogP contribution in [0.4, 0.5) is 0 Å². The van der Waals surface area contributed by atoms with Crippen molar-refractivity contribution in [3.63, 3.8) is 0 Å². The number of hydrogen-bond acceptors (Lipinski definition) is 8. The third kappa shape index (κ3) is 11.5. The molecule has 0 aromatic heterocycles. The quantitative estimate of drug-likeness (QED) is 0.157. The highest BCUT2D eigenvalue weighted by molar-refractivity contribution is 5.86. The number of nitrogens with zero attached hydrogens (tertiary/aromatic N) is 2. The normalized spacial score (nSPS) is 23.4. The highest BCUT2D eigenvalue weighted by atomic mass is 16.5. The van der Waals surface area contributed by atoms with Crippen LogP contribution in [0.5, 0.6) is 0 Å². The Bertz CT molecular complexity index is 1290. The van der Waals surface area contributed by atoms with E-state index in [0.29, 0.717) is 19.5 Å². The second-order valence-corrected chi connectivity index (χ2v) is 15.7. The number of hydrogen-bond donors (Lipinski definition) is 4. The molecule has 9 atom stereocenters. The van der Waals surface area contributed by atoms with Crippen LogP contribution in [0.15, 0.2) is 30.3 Å². The van der Waals surface area contributed by atoms with E-state index in [1.165, 1.54) is 7.11 Å². The first kappa shape index (κ1) is 43.3. The molecule has 12 heteroatoms. The summed E-state index contributed by atoms with van der Waals surface area (Å²) in [5.74, 6) is -1.88. The molecular weight excluding hydrogens is 662 g/mol. The smallest absolute Gasteiger partial charge is 0.326 e. The Morgan fingerprint density at radius 2 is 1.73 bits per heavy atom. The molecule has 0 aliphatic carbocycles. The van der Waals surface area contributed by atoms with Crippen molar-refractivity contribution in [3.8, 4) is 0 Å². The summed E-state index contributed by atoms with van der Waals surface area (Å²) in [4.78, 5) is 57.3. The SMILES string of the molecule is CCC(C)C(C(CC(=O)N1CCCC1C(OC)C(C)C(=O)NC(Cc1ccccc1)C(=O)O)OC)N(C)CC(NC(=O)C1(C)CCCCN1)C(C)C. The molecular formula is C40H67N5O7. The predicted molar refractivity (Wildman–Crippen MR) is 203 cm³/mol. The van der Waals surface area contributed by atoms with Crippen LogP contribution in [0, 0.1) is 17.8 Å². The first-order valence-electron chi connectivity index (χ1n) is 19.4. The number of benzene rings is 1. The van der Waals surface area contributed by atoms with Gasteiger partial charge in [0.25, 0.3) is 0 Å². The maximum absolute atomic E-state index is 14.2. The number of methoxy groups -OCH3 is 2. The lowest BCUT2D eigenvalue weighted by molar-refractivity contribution is -0.145. The summed E-state index contributed by atoms with van der Waals surface area (Å²) in [6.07, 6.45) is 4.52. The van der Waals surface area contributed by atoms with Gasteiger partial charge in [-0.15, -0.1) is 0 Å². The molecule has 52 heavy (non-hydrogen) atoms. The van der Waals surface area contributed by atoms with Gasteiger partial charge in [-0.1, -0.05) is 71.4 Å². The largest absolute Gasteiger partial charge is 0.480 e. The van der Waals surface area contributed by atoms with Gasteiger partial charge in [0.15, 0.2) is 0 Å². The number of likely N-dealkylation sites (tertiary alicyclic amines) is 1. The van der Waals surface area contributed by atoms with Crippen molar-refractivity contribution in [2.24, 2.45) is 17.8 Å². The highest BCUT2D eigenvalue weighted by Gasteiger charge is 2.43. The monoisotopic (exact) mass is 730 g/mol. The van der Waals surface area contributed by atoms with Gasteiger partial charge in [-0.2, -0.15) is 0 Å². The zero-order valence-corrected chi connectivity index (χ0v) is 33.2. The first-order chi connectivity index (χ1) is 24.7. The Kier molecular flexibility index (Phi) is 17.0. The van der Waals surface area contributed by atoms with Crippen molar-refractivity contribution < 1.29 is 33.8 Å². The fraction of sp³-hybridized carbons (Fsp3) is 0.750. The number of carboxylic acid groups (broad SMARTS) is 1. The third-order valence-corrected chi connectivity index (χ3v) is 11.6. The molecule has 0 bridgehead atoms. The molecule has 294 valence electrons. The molecule has 2 heterocycles. The highest BCUT2D eigenvalue weighted by Crippen LogP contribution is 2.30. The Morgan fingerprint density at radius 1 is 1.04 bits per heavy atom. The predicted octanol–water partition coefficient (Wildman–Crippen LogP) is 3.87. The van der Waals surface area contributed by atoms with E-state index in [9.17, 15) is 24.3 Å². The van der Waals surface area contributed by atoms with Crippen molar-refractivity contribution in [1.82, 2.24) is 25.8 Å². The number of nitrogens with one attached hydrogen (secondary N) is 3. The fourth-order valence-electron chi connectivity index (χ4n) is 8.03.